The van der Waals surface area contributed by atoms with E-state index in [1.165, 1.54) is 22.8 Å². The monoisotopic (exact) mass is 309 g/mol. The minimum absolute atomic E-state index is 0.101. The summed E-state index contributed by atoms with van der Waals surface area (Å²) in [5, 5.41) is 29.8. The van der Waals surface area contributed by atoms with Gasteiger partial charge < -0.3 is 15.3 Å². The molecule has 5 nitrogen and oxygen atoms in total. The SMILES string of the molecule is C/C=C/c1cn(-c2ccc(O)cc2)c(=O)c2c(O)cc(O)cc12. The van der Waals surface area contributed by atoms with Crippen molar-refractivity contribution in [2.45, 2.75) is 6.92 Å². The largest absolute Gasteiger partial charge is 0.508 e. The van der Waals surface area contributed by atoms with Crippen LogP contribution in [0.25, 0.3) is 22.5 Å². The van der Waals surface area contributed by atoms with Crippen molar-refractivity contribution in [2.24, 2.45) is 0 Å². The van der Waals surface area contributed by atoms with E-state index < -0.39 is 5.56 Å². The zero-order valence-corrected chi connectivity index (χ0v) is 12.4. The normalized spacial score (nSPS) is 11.3. The molecule has 0 aliphatic rings. The number of benzene rings is 2. The zero-order chi connectivity index (χ0) is 16.6. The molecule has 0 saturated carbocycles. The number of rotatable bonds is 2. The van der Waals surface area contributed by atoms with Crippen molar-refractivity contribution >= 4 is 16.8 Å². The number of phenols is 3. The Kier molecular flexibility index (Phi) is 3.54. The molecule has 0 unspecified atom stereocenters. The van der Waals surface area contributed by atoms with Gasteiger partial charge in [-0.25, -0.2) is 0 Å². The third-order valence-corrected chi connectivity index (χ3v) is 3.59. The first-order valence-corrected chi connectivity index (χ1v) is 7.04. The van der Waals surface area contributed by atoms with E-state index >= 15 is 0 Å². The summed E-state index contributed by atoms with van der Waals surface area (Å²) in [6.07, 6.45) is 5.23. The van der Waals surface area contributed by atoms with Crippen molar-refractivity contribution in [1.82, 2.24) is 4.57 Å². The molecule has 3 rings (SSSR count). The molecule has 0 aliphatic heterocycles. The van der Waals surface area contributed by atoms with Gasteiger partial charge in [-0.3, -0.25) is 9.36 Å². The van der Waals surface area contributed by atoms with E-state index in [0.717, 1.165) is 6.07 Å². The molecule has 5 heteroatoms. The number of nitrogens with zero attached hydrogens (tertiary/aromatic N) is 1. The molecular weight excluding hydrogens is 294 g/mol. The minimum Gasteiger partial charge on any atom is -0.508 e. The summed E-state index contributed by atoms with van der Waals surface area (Å²) in [4.78, 5) is 12.7. The Balaban J connectivity index is 2.43. The van der Waals surface area contributed by atoms with E-state index in [1.807, 2.05) is 13.0 Å². The molecular formula is C18H15NO4. The van der Waals surface area contributed by atoms with Gasteiger partial charge in [-0.1, -0.05) is 12.2 Å². The molecule has 1 heterocycles. The fourth-order valence-electron chi connectivity index (χ4n) is 2.57. The molecule has 0 aliphatic carbocycles. The molecule has 0 atom stereocenters. The van der Waals surface area contributed by atoms with Gasteiger partial charge >= 0.3 is 0 Å². The Bertz CT molecular complexity index is 969. The Morgan fingerprint density at radius 2 is 1.70 bits per heavy atom. The van der Waals surface area contributed by atoms with Gasteiger partial charge in [0.05, 0.1) is 5.39 Å². The van der Waals surface area contributed by atoms with Crippen LogP contribution in [0.5, 0.6) is 17.2 Å². The van der Waals surface area contributed by atoms with Crippen LogP contribution in [0.15, 0.2) is 53.5 Å². The summed E-state index contributed by atoms with van der Waals surface area (Å²) in [6.45, 7) is 1.84. The van der Waals surface area contributed by atoms with Crippen LogP contribution < -0.4 is 5.56 Å². The number of allylic oxidation sites excluding steroid dienone is 1. The lowest BCUT2D eigenvalue weighted by Gasteiger charge is -2.12. The van der Waals surface area contributed by atoms with Gasteiger partial charge in [0.2, 0.25) is 0 Å². The Hall–Kier alpha value is -3.21. The van der Waals surface area contributed by atoms with Crippen LogP contribution >= 0.6 is 0 Å². The summed E-state index contributed by atoms with van der Waals surface area (Å²) in [5.41, 5.74) is 0.839. The molecule has 0 bridgehead atoms. The lowest BCUT2D eigenvalue weighted by Crippen LogP contribution is -2.18. The fraction of sp³-hybridized carbons (Fsp3) is 0.0556. The van der Waals surface area contributed by atoms with Gasteiger partial charge in [-0.05, 0) is 42.8 Å². The van der Waals surface area contributed by atoms with Crippen LogP contribution in [-0.4, -0.2) is 19.9 Å². The number of fused-ring (bicyclic) bond motifs is 1. The van der Waals surface area contributed by atoms with E-state index in [1.54, 1.807) is 24.4 Å². The van der Waals surface area contributed by atoms with Crippen molar-refractivity contribution < 1.29 is 15.3 Å². The first-order valence-electron chi connectivity index (χ1n) is 7.04. The summed E-state index contributed by atoms with van der Waals surface area (Å²) in [5.74, 6) is -0.282. The average Bonchev–Trinajstić information content (AvgIpc) is 2.50. The van der Waals surface area contributed by atoms with Crippen LogP contribution in [0.2, 0.25) is 0 Å². The third-order valence-electron chi connectivity index (χ3n) is 3.59. The highest BCUT2D eigenvalue weighted by Gasteiger charge is 2.13. The quantitative estimate of drug-likeness (QED) is 0.679. The number of hydrogen-bond donors (Lipinski definition) is 3. The van der Waals surface area contributed by atoms with Crippen molar-refractivity contribution in [2.75, 3.05) is 0 Å². The second kappa shape index (κ2) is 5.53. The molecule has 2 aromatic carbocycles. The van der Waals surface area contributed by atoms with Crippen molar-refractivity contribution in [1.29, 1.82) is 0 Å². The highest BCUT2D eigenvalue weighted by atomic mass is 16.3. The average molecular weight is 309 g/mol. The first-order chi connectivity index (χ1) is 11.0. The Morgan fingerprint density at radius 3 is 2.35 bits per heavy atom. The lowest BCUT2D eigenvalue weighted by molar-refractivity contribution is 0.454. The zero-order valence-electron chi connectivity index (χ0n) is 12.4. The van der Waals surface area contributed by atoms with E-state index in [-0.39, 0.29) is 22.6 Å². The van der Waals surface area contributed by atoms with Gasteiger partial charge in [-0.2, -0.15) is 0 Å². The van der Waals surface area contributed by atoms with Crippen LogP contribution in [0.4, 0.5) is 0 Å². The number of aromatic nitrogens is 1. The predicted octanol–water partition coefficient (Wildman–Crippen LogP) is 3.14. The van der Waals surface area contributed by atoms with E-state index in [0.29, 0.717) is 16.6 Å². The second-order valence-corrected chi connectivity index (χ2v) is 5.16. The molecule has 0 fully saturated rings. The maximum Gasteiger partial charge on any atom is 0.266 e. The number of pyridine rings is 1. The second-order valence-electron chi connectivity index (χ2n) is 5.16. The van der Waals surface area contributed by atoms with Crippen LogP contribution in [0.1, 0.15) is 12.5 Å². The van der Waals surface area contributed by atoms with Crippen LogP contribution in [0, 0.1) is 0 Å². The topological polar surface area (TPSA) is 82.7 Å². The van der Waals surface area contributed by atoms with Crippen molar-refractivity contribution in [3.05, 3.63) is 64.6 Å². The molecule has 116 valence electrons. The smallest absolute Gasteiger partial charge is 0.266 e. The Labute approximate surface area is 132 Å². The third kappa shape index (κ3) is 2.53. The fourth-order valence-corrected chi connectivity index (χ4v) is 2.57. The first kappa shape index (κ1) is 14.7. The molecule has 3 aromatic rings. The maximum absolute atomic E-state index is 12.7. The molecule has 1 aromatic heterocycles. The Morgan fingerprint density at radius 1 is 1.00 bits per heavy atom. The van der Waals surface area contributed by atoms with Gasteiger partial charge in [-0.15, -0.1) is 0 Å². The van der Waals surface area contributed by atoms with E-state index in [2.05, 4.69) is 0 Å². The predicted molar refractivity (Wildman–Crippen MR) is 89.2 cm³/mol. The van der Waals surface area contributed by atoms with Crippen molar-refractivity contribution in [3.8, 4) is 22.9 Å². The minimum atomic E-state index is -0.406. The molecule has 0 spiro atoms. The number of phenolic OH excluding ortho intramolecular Hbond substituents is 3. The highest BCUT2D eigenvalue weighted by Crippen LogP contribution is 2.30. The maximum atomic E-state index is 12.7. The lowest BCUT2D eigenvalue weighted by atomic mass is 10.1. The summed E-state index contributed by atoms with van der Waals surface area (Å²) in [6, 6.07) is 8.78. The van der Waals surface area contributed by atoms with Gasteiger partial charge in [0.1, 0.15) is 17.2 Å². The van der Waals surface area contributed by atoms with Gasteiger partial charge in [0, 0.05) is 23.3 Å². The molecule has 0 amide bonds. The standard InChI is InChI=1S/C18H15NO4/c1-2-3-11-10-19(12-4-6-13(20)7-5-12)18(23)17-15(11)8-14(21)9-16(17)22/h2-10,20-22H,1H3/b3-2+. The summed E-state index contributed by atoms with van der Waals surface area (Å²) in [7, 11) is 0. The molecule has 0 radical (unpaired) electrons. The molecule has 0 saturated heterocycles. The van der Waals surface area contributed by atoms with Crippen LogP contribution in [-0.2, 0) is 0 Å². The van der Waals surface area contributed by atoms with E-state index in [4.69, 9.17) is 0 Å². The summed E-state index contributed by atoms with van der Waals surface area (Å²) < 4.78 is 1.40. The number of hydrogen-bond acceptors (Lipinski definition) is 4. The summed E-state index contributed by atoms with van der Waals surface area (Å²) >= 11 is 0. The van der Waals surface area contributed by atoms with E-state index in [9.17, 15) is 20.1 Å². The molecule has 23 heavy (non-hydrogen) atoms. The molecule has 3 N–H and O–H groups in total. The number of aromatic hydroxyl groups is 3. The van der Waals surface area contributed by atoms with Gasteiger partial charge in [0.15, 0.2) is 0 Å². The van der Waals surface area contributed by atoms with Crippen molar-refractivity contribution in [3.63, 3.8) is 0 Å². The highest BCUT2D eigenvalue weighted by molar-refractivity contribution is 5.95. The van der Waals surface area contributed by atoms with Gasteiger partial charge in [0.25, 0.3) is 5.56 Å². The van der Waals surface area contributed by atoms with Crippen LogP contribution in [0.3, 0.4) is 0 Å².